The second kappa shape index (κ2) is 8.12. The molecule has 0 bridgehead atoms. The maximum atomic E-state index is 11.1. The molecule has 0 aromatic heterocycles. The molecule has 20 heavy (non-hydrogen) atoms. The molecule has 0 fully saturated rings. The zero-order chi connectivity index (χ0) is 15.0. The van der Waals surface area contributed by atoms with E-state index in [9.17, 15) is 9.59 Å². The predicted molar refractivity (Wildman–Crippen MR) is 78.1 cm³/mol. The summed E-state index contributed by atoms with van der Waals surface area (Å²) in [4.78, 5) is 23.6. The number of nitrogens with zero attached hydrogens (tertiary/aromatic N) is 1. The molecule has 0 saturated carbocycles. The van der Waals surface area contributed by atoms with Crippen LogP contribution in [0, 0.1) is 0 Å². The average Bonchev–Trinajstić information content (AvgIpc) is 2.44. The largest absolute Gasteiger partial charge is 0.478 e. The fourth-order valence-electron chi connectivity index (χ4n) is 1.71. The van der Waals surface area contributed by atoms with Crippen molar-refractivity contribution in [2.75, 3.05) is 20.6 Å². The third kappa shape index (κ3) is 6.15. The van der Waals surface area contributed by atoms with Crippen LogP contribution in [0.1, 0.15) is 17.5 Å². The predicted octanol–water partition coefficient (Wildman–Crippen LogP) is 1.35. The highest BCUT2D eigenvalue weighted by molar-refractivity contribution is 5.85. The Bertz CT molecular complexity index is 480. The third-order valence-corrected chi connectivity index (χ3v) is 2.85. The first-order valence-electron chi connectivity index (χ1n) is 6.40. The molecule has 0 unspecified atom stereocenters. The molecule has 1 amide bonds. The van der Waals surface area contributed by atoms with E-state index in [-0.39, 0.29) is 5.91 Å². The minimum atomic E-state index is -0.956. The van der Waals surface area contributed by atoms with E-state index in [4.69, 9.17) is 5.11 Å². The van der Waals surface area contributed by atoms with Gasteiger partial charge in [0.15, 0.2) is 0 Å². The number of carboxylic acids is 1. The van der Waals surface area contributed by atoms with Crippen molar-refractivity contribution in [2.24, 2.45) is 0 Å². The monoisotopic (exact) mass is 276 g/mol. The van der Waals surface area contributed by atoms with Crippen LogP contribution in [0.3, 0.4) is 0 Å². The van der Waals surface area contributed by atoms with E-state index >= 15 is 0 Å². The smallest absolute Gasteiger partial charge is 0.328 e. The van der Waals surface area contributed by atoms with Gasteiger partial charge in [-0.3, -0.25) is 4.79 Å². The van der Waals surface area contributed by atoms with Gasteiger partial charge >= 0.3 is 5.97 Å². The fourth-order valence-corrected chi connectivity index (χ4v) is 1.71. The summed E-state index contributed by atoms with van der Waals surface area (Å²) in [7, 11) is 3.59. The van der Waals surface area contributed by atoms with Crippen molar-refractivity contribution < 1.29 is 14.7 Å². The van der Waals surface area contributed by atoms with Gasteiger partial charge in [-0.05, 0) is 24.3 Å². The molecule has 1 rings (SSSR count). The van der Waals surface area contributed by atoms with Crippen LogP contribution < -0.4 is 5.32 Å². The summed E-state index contributed by atoms with van der Waals surface area (Å²) in [6.45, 7) is 1.44. The van der Waals surface area contributed by atoms with Crippen molar-refractivity contribution in [3.63, 3.8) is 0 Å². The Morgan fingerprint density at radius 3 is 2.50 bits per heavy atom. The highest BCUT2D eigenvalue weighted by Crippen LogP contribution is 2.08. The SMILES string of the molecule is CNC(=O)CCN(C)Cc1ccc(/C=C/C(=O)O)cc1. The fraction of sp³-hybridized carbons (Fsp3) is 0.333. The molecule has 0 heterocycles. The van der Waals surface area contributed by atoms with Crippen molar-refractivity contribution >= 4 is 18.0 Å². The van der Waals surface area contributed by atoms with Crippen LogP contribution in [0.25, 0.3) is 6.08 Å². The summed E-state index contributed by atoms with van der Waals surface area (Å²) in [5.41, 5.74) is 1.97. The molecular weight excluding hydrogens is 256 g/mol. The Kier molecular flexibility index (Phi) is 6.46. The Morgan fingerprint density at radius 2 is 1.95 bits per heavy atom. The van der Waals surface area contributed by atoms with E-state index in [0.29, 0.717) is 13.0 Å². The topological polar surface area (TPSA) is 69.6 Å². The summed E-state index contributed by atoms with van der Waals surface area (Å²) in [5, 5.41) is 11.1. The Labute approximate surface area is 118 Å². The molecule has 108 valence electrons. The summed E-state index contributed by atoms with van der Waals surface area (Å²) in [5.74, 6) is -0.922. The number of carbonyl (C=O) groups is 2. The standard InChI is InChI=1S/C15H20N2O3/c1-16-14(18)9-10-17(2)11-13-5-3-12(4-6-13)7-8-15(19)20/h3-8H,9-11H2,1-2H3,(H,16,18)(H,19,20)/b8-7+. The molecule has 1 aromatic rings. The molecule has 0 atom stereocenters. The zero-order valence-corrected chi connectivity index (χ0v) is 11.8. The Morgan fingerprint density at radius 1 is 1.30 bits per heavy atom. The number of nitrogens with one attached hydrogen (secondary N) is 1. The second-order valence-electron chi connectivity index (χ2n) is 4.57. The van der Waals surface area contributed by atoms with Crippen molar-refractivity contribution in [2.45, 2.75) is 13.0 Å². The highest BCUT2D eigenvalue weighted by Gasteiger charge is 2.03. The first-order chi connectivity index (χ1) is 9.51. The van der Waals surface area contributed by atoms with Gasteiger partial charge in [-0.25, -0.2) is 4.79 Å². The zero-order valence-electron chi connectivity index (χ0n) is 11.8. The van der Waals surface area contributed by atoms with Gasteiger partial charge in [-0.15, -0.1) is 0 Å². The van der Waals surface area contributed by atoms with Crippen molar-refractivity contribution in [3.8, 4) is 0 Å². The summed E-state index contributed by atoms with van der Waals surface area (Å²) in [6.07, 6.45) is 3.15. The van der Waals surface area contributed by atoms with Crippen LogP contribution in [0.15, 0.2) is 30.3 Å². The van der Waals surface area contributed by atoms with Crippen molar-refractivity contribution in [3.05, 3.63) is 41.5 Å². The Balaban J connectivity index is 2.48. The number of benzene rings is 1. The maximum Gasteiger partial charge on any atom is 0.328 e. The first-order valence-corrected chi connectivity index (χ1v) is 6.40. The van der Waals surface area contributed by atoms with E-state index in [0.717, 1.165) is 23.7 Å². The lowest BCUT2D eigenvalue weighted by molar-refractivity contribution is -0.131. The molecule has 0 aliphatic carbocycles. The van der Waals surface area contributed by atoms with E-state index < -0.39 is 5.97 Å². The molecule has 5 nitrogen and oxygen atoms in total. The van der Waals surface area contributed by atoms with Crippen LogP contribution >= 0.6 is 0 Å². The van der Waals surface area contributed by atoms with E-state index in [1.54, 1.807) is 13.1 Å². The van der Waals surface area contributed by atoms with Gasteiger partial charge in [0.25, 0.3) is 0 Å². The van der Waals surface area contributed by atoms with Gasteiger partial charge in [0, 0.05) is 32.6 Å². The molecule has 0 spiro atoms. The highest BCUT2D eigenvalue weighted by atomic mass is 16.4. The van der Waals surface area contributed by atoms with Crippen LogP contribution in [0.4, 0.5) is 0 Å². The normalized spacial score (nSPS) is 10.9. The molecule has 0 aliphatic rings. The van der Waals surface area contributed by atoms with E-state index in [1.807, 2.05) is 31.3 Å². The lowest BCUT2D eigenvalue weighted by atomic mass is 10.1. The van der Waals surface area contributed by atoms with Gasteiger partial charge in [0.2, 0.25) is 5.91 Å². The van der Waals surface area contributed by atoms with Crippen LogP contribution in [-0.4, -0.2) is 42.5 Å². The van der Waals surface area contributed by atoms with Crippen LogP contribution in [-0.2, 0) is 16.1 Å². The number of rotatable bonds is 7. The molecule has 0 aliphatic heterocycles. The van der Waals surface area contributed by atoms with E-state index in [1.165, 1.54) is 0 Å². The maximum absolute atomic E-state index is 11.1. The number of carboxylic acid groups (broad SMARTS) is 1. The molecule has 0 saturated heterocycles. The summed E-state index contributed by atoms with van der Waals surface area (Å²) >= 11 is 0. The quantitative estimate of drug-likeness (QED) is 0.738. The summed E-state index contributed by atoms with van der Waals surface area (Å²) in [6, 6.07) is 7.67. The first kappa shape index (κ1) is 15.9. The number of carbonyl (C=O) groups excluding carboxylic acids is 1. The number of hydrogen-bond acceptors (Lipinski definition) is 3. The minimum Gasteiger partial charge on any atom is -0.478 e. The molecule has 5 heteroatoms. The van der Waals surface area contributed by atoms with Crippen LogP contribution in [0.5, 0.6) is 0 Å². The summed E-state index contributed by atoms with van der Waals surface area (Å²) < 4.78 is 0. The van der Waals surface area contributed by atoms with Gasteiger partial charge < -0.3 is 15.3 Å². The molecule has 1 aromatic carbocycles. The lowest BCUT2D eigenvalue weighted by Crippen LogP contribution is -2.26. The van der Waals surface area contributed by atoms with Gasteiger partial charge in [-0.2, -0.15) is 0 Å². The van der Waals surface area contributed by atoms with Gasteiger partial charge in [0.05, 0.1) is 0 Å². The van der Waals surface area contributed by atoms with Crippen molar-refractivity contribution in [1.82, 2.24) is 10.2 Å². The van der Waals surface area contributed by atoms with Gasteiger partial charge in [-0.1, -0.05) is 24.3 Å². The third-order valence-electron chi connectivity index (χ3n) is 2.85. The Hall–Kier alpha value is -2.14. The minimum absolute atomic E-state index is 0.0333. The second-order valence-corrected chi connectivity index (χ2v) is 4.57. The average molecular weight is 276 g/mol. The molecular formula is C15H20N2O3. The number of amides is 1. The lowest BCUT2D eigenvalue weighted by Gasteiger charge is -2.16. The molecule has 0 radical (unpaired) electrons. The molecule has 2 N–H and O–H groups in total. The van der Waals surface area contributed by atoms with Crippen LogP contribution in [0.2, 0.25) is 0 Å². The number of hydrogen-bond donors (Lipinski definition) is 2. The van der Waals surface area contributed by atoms with E-state index in [2.05, 4.69) is 10.2 Å². The van der Waals surface area contributed by atoms with Gasteiger partial charge in [0.1, 0.15) is 0 Å². The number of aliphatic carboxylic acids is 1. The van der Waals surface area contributed by atoms with Crippen molar-refractivity contribution in [1.29, 1.82) is 0 Å².